The lowest BCUT2D eigenvalue weighted by molar-refractivity contribution is -0.0440. The SMILES string of the molecule is CC(=O)c1cccc(NC(=O)c2cccc(S(=O)(=O)N3C[C@@H](C)O[C@@H](C)C3)c2)c1. The number of anilines is 1. The van der Waals surface area contributed by atoms with Gasteiger partial charge in [0.2, 0.25) is 10.0 Å². The number of sulfonamides is 1. The summed E-state index contributed by atoms with van der Waals surface area (Å²) in [7, 11) is -3.75. The van der Waals surface area contributed by atoms with E-state index in [9.17, 15) is 18.0 Å². The van der Waals surface area contributed by atoms with Crippen LogP contribution in [0, 0.1) is 0 Å². The van der Waals surface area contributed by atoms with E-state index in [-0.39, 0.29) is 41.5 Å². The quantitative estimate of drug-likeness (QED) is 0.757. The van der Waals surface area contributed by atoms with Crippen LogP contribution in [0.5, 0.6) is 0 Å². The van der Waals surface area contributed by atoms with Crippen LogP contribution in [0.4, 0.5) is 5.69 Å². The van der Waals surface area contributed by atoms with Crippen LogP contribution >= 0.6 is 0 Å². The molecule has 0 aromatic heterocycles. The second-order valence-electron chi connectivity index (χ2n) is 7.20. The maximum absolute atomic E-state index is 13.0. The van der Waals surface area contributed by atoms with E-state index in [4.69, 9.17) is 4.74 Å². The highest BCUT2D eigenvalue weighted by Crippen LogP contribution is 2.22. The molecule has 0 bridgehead atoms. The highest BCUT2D eigenvalue weighted by atomic mass is 32.2. The number of carbonyl (C=O) groups excluding carboxylic acids is 2. The van der Waals surface area contributed by atoms with Crippen LogP contribution in [0.1, 0.15) is 41.5 Å². The molecule has 2 aromatic carbocycles. The minimum Gasteiger partial charge on any atom is -0.373 e. The maximum Gasteiger partial charge on any atom is 0.255 e. The zero-order valence-corrected chi connectivity index (χ0v) is 17.4. The van der Waals surface area contributed by atoms with Gasteiger partial charge in [0.1, 0.15) is 0 Å². The lowest BCUT2D eigenvalue weighted by atomic mass is 10.1. The fourth-order valence-electron chi connectivity index (χ4n) is 3.29. The fourth-order valence-corrected chi connectivity index (χ4v) is 4.93. The van der Waals surface area contributed by atoms with Crippen molar-refractivity contribution in [1.29, 1.82) is 0 Å². The Morgan fingerprint density at radius 2 is 1.62 bits per heavy atom. The van der Waals surface area contributed by atoms with Gasteiger partial charge in [0.15, 0.2) is 5.78 Å². The van der Waals surface area contributed by atoms with Gasteiger partial charge in [-0.3, -0.25) is 9.59 Å². The summed E-state index contributed by atoms with van der Waals surface area (Å²) in [5.41, 5.74) is 1.16. The van der Waals surface area contributed by atoms with E-state index in [1.165, 1.54) is 23.4 Å². The minimum atomic E-state index is -3.75. The molecule has 1 N–H and O–H groups in total. The Hall–Kier alpha value is -2.55. The molecular formula is C21H24N2O5S. The lowest BCUT2D eigenvalue weighted by Crippen LogP contribution is -2.48. The number of amides is 1. The second-order valence-corrected chi connectivity index (χ2v) is 9.14. The number of ether oxygens (including phenoxy) is 1. The number of nitrogens with zero attached hydrogens (tertiary/aromatic N) is 1. The standard InChI is InChI=1S/C21H24N2O5S/c1-14-12-23(13-15(2)28-14)29(26,27)20-9-5-7-18(11-20)21(25)22-19-8-4-6-17(10-19)16(3)24/h4-11,14-15H,12-13H2,1-3H3,(H,22,25)/t14-,15+. The van der Waals surface area contributed by atoms with Gasteiger partial charge in [0.05, 0.1) is 17.1 Å². The van der Waals surface area contributed by atoms with Gasteiger partial charge in [0, 0.05) is 29.9 Å². The summed E-state index contributed by atoms with van der Waals surface area (Å²) in [6, 6.07) is 12.5. The normalized spacial score (nSPS) is 20.2. The zero-order chi connectivity index (χ0) is 21.2. The Bertz CT molecular complexity index is 1020. The molecule has 2 aromatic rings. The van der Waals surface area contributed by atoms with E-state index in [1.807, 2.05) is 13.8 Å². The molecule has 29 heavy (non-hydrogen) atoms. The molecule has 1 heterocycles. The molecule has 0 radical (unpaired) electrons. The van der Waals surface area contributed by atoms with Gasteiger partial charge in [-0.25, -0.2) is 8.42 Å². The van der Waals surface area contributed by atoms with Crippen molar-refractivity contribution in [3.8, 4) is 0 Å². The molecule has 7 nitrogen and oxygen atoms in total. The summed E-state index contributed by atoms with van der Waals surface area (Å²) >= 11 is 0. The van der Waals surface area contributed by atoms with Crippen molar-refractivity contribution in [3.63, 3.8) is 0 Å². The van der Waals surface area contributed by atoms with Gasteiger partial charge >= 0.3 is 0 Å². The van der Waals surface area contributed by atoms with Crippen molar-refractivity contribution >= 4 is 27.4 Å². The average Bonchev–Trinajstić information content (AvgIpc) is 2.67. The van der Waals surface area contributed by atoms with Gasteiger partial charge in [0.25, 0.3) is 5.91 Å². The van der Waals surface area contributed by atoms with Crippen molar-refractivity contribution in [2.45, 2.75) is 37.9 Å². The molecule has 1 saturated heterocycles. The minimum absolute atomic E-state index is 0.0592. The van der Waals surface area contributed by atoms with Gasteiger partial charge in [-0.15, -0.1) is 0 Å². The van der Waals surface area contributed by atoms with E-state index < -0.39 is 15.9 Å². The van der Waals surface area contributed by atoms with Crippen molar-refractivity contribution in [3.05, 3.63) is 59.7 Å². The molecule has 0 unspecified atom stereocenters. The number of benzene rings is 2. The first-order valence-electron chi connectivity index (χ1n) is 9.35. The van der Waals surface area contributed by atoms with Gasteiger partial charge < -0.3 is 10.1 Å². The smallest absolute Gasteiger partial charge is 0.255 e. The first-order chi connectivity index (χ1) is 13.7. The van der Waals surface area contributed by atoms with Crippen molar-refractivity contribution < 1.29 is 22.7 Å². The van der Waals surface area contributed by atoms with E-state index in [0.29, 0.717) is 11.3 Å². The van der Waals surface area contributed by atoms with Crippen LogP contribution in [0.2, 0.25) is 0 Å². The van der Waals surface area contributed by atoms with Crippen molar-refractivity contribution in [2.24, 2.45) is 0 Å². The number of nitrogens with one attached hydrogen (secondary N) is 1. The van der Waals surface area contributed by atoms with E-state index in [0.717, 1.165) is 0 Å². The third kappa shape index (κ3) is 4.90. The summed E-state index contributed by atoms with van der Waals surface area (Å²) in [5.74, 6) is -0.561. The number of Topliss-reactive ketones (excluding diaryl/α,β-unsaturated/α-hetero) is 1. The Labute approximate surface area is 170 Å². The van der Waals surface area contributed by atoms with Crippen molar-refractivity contribution in [2.75, 3.05) is 18.4 Å². The fraction of sp³-hybridized carbons (Fsp3) is 0.333. The molecular weight excluding hydrogens is 392 g/mol. The number of carbonyl (C=O) groups is 2. The van der Waals surface area contributed by atoms with Crippen LogP contribution in [-0.4, -0.2) is 49.7 Å². The molecule has 1 amide bonds. The van der Waals surface area contributed by atoms with E-state index in [2.05, 4.69) is 5.32 Å². The monoisotopic (exact) mass is 416 g/mol. The summed E-state index contributed by atoms with van der Waals surface area (Å²) in [4.78, 5) is 24.2. The highest BCUT2D eigenvalue weighted by molar-refractivity contribution is 7.89. The van der Waals surface area contributed by atoms with Crippen LogP contribution in [0.25, 0.3) is 0 Å². The summed E-state index contributed by atoms with van der Waals surface area (Å²) in [5, 5.41) is 2.71. The summed E-state index contributed by atoms with van der Waals surface area (Å²) < 4.78 is 33.1. The van der Waals surface area contributed by atoms with Gasteiger partial charge in [-0.05, 0) is 51.1 Å². The average molecular weight is 416 g/mol. The largest absolute Gasteiger partial charge is 0.373 e. The second kappa shape index (κ2) is 8.44. The Kier molecular flexibility index (Phi) is 6.16. The maximum atomic E-state index is 13.0. The molecule has 0 spiro atoms. The first-order valence-corrected chi connectivity index (χ1v) is 10.8. The van der Waals surface area contributed by atoms with E-state index in [1.54, 1.807) is 36.4 Å². The van der Waals surface area contributed by atoms with Gasteiger partial charge in [-0.2, -0.15) is 4.31 Å². The van der Waals surface area contributed by atoms with Crippen LogP contribution in [0.15, 0.2) is 53.4 Å². The Balaban J connectivity index is 1.82. The lowest BCUT2D eigenvalue weighted by Gasteiger charge is -2.34. The predicted molar refractivity (Wildman–Crippen MR) is 110 cm³/mol. The third-order valence-corrected chi connectivity index (χ3v) is 6.47. The van der Waals surface area contributed by atoms with Gasteiger partial charge in [-0.1, -0.05) is 18.2 Å². The molecule has 0 aliphatic carbocycles. The predicted octanol–water partition coefficient (Wildman–Crippen LogP) is 2.94. The number of ketones is 1. The molecule has 3 rings (SSSR count). The molecule has 1 fully saturated rings. The van der Waals surface area contributed by atoms with Crippen LogP contribution in [0.3, 0.4) is 0 Å². The zero-order valence-electron chi connectivity index (χ0n) is 16.6. The van der Waals surface area contributed by atoms with Crippen LogP contribution in [-0.2, 0) is 14.8 Å². The molecule has 1 aliphatic heterocycles. The van der Waals surface area contributed by atoms with Crippen molar-refractivity contribution in [1.82, 2.24) is 4.31 Å². The van der Waals surface area contributed by atoms with Crippen LogP contribution < -0.4 is 5.32 Å². The summed E-state index contributed by atoms with van der Waals surface area (Å²) in [6.07, 6.45) is -0.401. The first kappa shape index (κ1) is 21.2. The molecule has 1 aliphatic rings. The number of hydrogen-bond donors (Lipinski definition) is 1. The topological polar surface area (TPSA) is 92.8 Å². The Morgan fingerprint density at radius 3 is 2.28 bits per heavy atom. The number of rotatable bonds is 5. The summed E-state index contributed by atoms with van der Waals surface area (Å²) in [6.45, 7) is 5.64. The third-order valence-electron chi connectivity index (χ3n) is 4.65. The molecule has 8 heteroatoms. The highest BCUT2D eigenvalue weighted by Gasteiger charge is 2.32. The molecule has 2 atom stereocenters. The molecule has 0 saturated carbocycles. The number of morpholine rings is 1. The Morgan fingerprint density at radius 1 is 1.00 bits per heavy atom. The number of hydrogen-bond acceptors (Lipinski definition) is 5. The van der Waals surface area contributed by atoms with E-state index >= 15 is 0 Å². The molecule has 154 valence electrons.